The molecule has 1 aliphatic heterocycles. The summed E-state index contributed by atoms with van der Waals surface area (Å²) in [5.74, 6) is -0.460. The van der Waals surface area contributed by atoms with Crippen LogP contribution in [-0.4, -0.2) is 47.8 Å². The SMILES string of the molecule is O=S(=O)(c1ccccc1O)N1CCCC(O)(C(F)(F)F)CC1. The number of rotatable bonds is 2. The fourth-order valence-electron chi connectivity index (χ4n) is 2.43. The molecule has 0 saturated carbocycles. The predicted molar refractivity (Wildman–Crippen MR) is 71.7 cm³/mol. The Morgan fingerprint density at radius 2 is 1.77 bits per heavy atom. The van der Waals surface area contributed by atoms with Crippen molar-refractivity contribution in [1.82, 2.24) is 4.31 Å². The molecule has 1 fully saturated rings. The minimum absolute atomic E-state index is 0.122. The molecule has 124 valence electrons. The molecule has 0 aliphatic carbocycles. The molecule has 0 aromatic heterocycles. The van der Waals surface area contributed by atoms with Gasteiger partial charge in [-0.1, -0.05) is 12.1 Å². The number of nitrogens with zero attached hydrogens (tertiary/aromatic N) is 1. The Hall–Kier alpha value is -1.32. The fourth-order valence-corrected chi connectivity index (χ4v) is 3.99. The Labute approximate surface area is 126 Å². The van der Waals surface area contributed by atoms with Gasteiger partial charge in [0.1, 0.15) is 10.6 Å². The molecule has 5 nitrogen and oxygen atoms in total. The largest absolute Gasteiger partial charge is 0.507 e. The van der Waals surface area contributed by atoms with Crippen LogP contribution in [0.3, 0.4) is 0 Å². The van der Waals surface area contributed by atoms with E-state index in [9.17, 15) is 31.8 Å². The van der Waals surface area contributed by atoms with Gasteiger partial charge in [-0.05, 0) is 31.4 Å². The molecular weight excluding hydrogens is 323 g/mol. The van der Waals surface area contributed by atoms with E-state index < -0.39 is 46.9 Å². The molecule has 1 aliphatic rings. The Kier molecular flexibility index (Phi) is 4.42. The van der Waals surface area contributed by atoms with E-state index in [1.807, 2.05) is 0 Å². The Morgan fingerprint density at radius 1 is 1.14 bits per heavy atom. The summed E-state index contributed by atoms with van der Waals surface area (Å²) in [6, 6.07) is 5.23. The van der Waals surface area contributed by atoms with Gasteiger partial charge in [-0.15, -0.1) is 0 Å². The Morgan fingerprint density at radius 3 is 2.36 bits per heavy atom. The van der Waals surface area contributed by atoms with Gasteiger partial charge in [0.25, 0.3) is 0 Å². The second-order valence-electron chi connectivity index (χ2n) is 5.25. The lowest BCUT2D eigenvalue weighted by Gasteiger charge is -2.29. The van der Waals surface area contributed by atoms with Crippen LogP contribution in [0.1, 0.15) is 19.3 Å². The maximum Gasteiger partial charge on any atom is 0.417 e. The molecule has 2 N–H and O–H groups in total. The van der Waals surface area contributed by atoms with Gasteiger partial charge in [-0.2, -0.15) is 17.5 Å². The highest BCUT2D eigenvalue weighted by Gasteiger charge is 2.54. The number of sulfonamides is 1. The molecule has 1 saturated heterocycles. The lowest BCUT2D eigenvalue weighted by atomic mass is 9.94. The number of hydrogen-bond donors (Lipinski definition) is 2. The summed E-state index contributed by atoms with van der Waals surface area (Å²) >= 11 is 0. The van der Waals surface area contributed by atoms with Gasteiger partial charge in [0.05, 0.1) is 0 Å². The zero-order chi connectivity index (χ0) is 16.6. The summed E-state index contributed by atoms with van der Waals surface area (Å²) in [6.45, 7) is -0.609. The van der Waals surface area contributed by atoms with E-state index in [2.05, 4.69) is 0 Å². The molecule has 9 heteroatoms. The number of halogens is 3. The number of phenols is 1. The molecule has 0 spiro atoms. The lowest BCUT2D eigenvalue weighted by molar-refractivity contribution is -0.263. The van der Waals surface area contributed by atoms with Crippen molar-refractivity contribution in [3.05, 3.63) is 24.3 Å². The molecule has 0 radical (unpaired) electrons. The summed E-state index contributed by atoms with van der Waals surface area (Å²) in [6.07, 6.45) is -6.21. The molecule has 1 aromatic rings. The molecule has 1 heterocycles. The molecular formula is C13H16F3NO4S. The van der Waals surface area contributed by atoms with E-state index >= 15 is 0 Å². The van der Waals surface area contributed by atoms with Gasteiger partial charge in [-0.25, -0.2) is 8.42 Å². The molecule has 0 bridgehead atoms. The fraction of sp³-hybridized carbons (Fsp3) is 0.538. The van der Waals surface area contributed by atoms with Gasteiger partial charge in [0, 0.05) is 13.1 Å². The third kappa shape index (κ3) is 3.06. The zero-order valence-corrected chi connectivity index (χ0v) is 12.4. The first-order valence-corrected chi connectivity index (χ1v) is 8.09. The lowest BCUT2D eigenvalue weighted by Crippen LogP contribution is -2.46. The second-order valence-corrected chi connectivity index (χ2v) is 7.16. The highest BCUT2D eigenvalue weighted by Crippen LogP contribution is 2.39. The van der Waals surface area contributed by atoms with Gasteiger partial charge in [-0.3, -0.25) is 0 Å². The topological polar surface area (TPSA) is 77.8 Å². The van der Waals surface area contributed by atoms with Crippen LogP contribution in [0.15, 0.2) is 29.2 Å². The van der Waals surface area contributed by atoms with Crippen LogP contribution in [-0.2, 0) is 10.0 Å². The minimum Gasteiger partial charge on any atom is -0.507 e. The number of aromatic hydroxyl groups is 1. The number of alkyl halides is 3. The van der Waals surface area contributed by atoms with Crippen LogP contribution < -0.4 is 0 Å². The molecule has 22 heavy (non-hydrogen) atoms. The van der Waals surface area contributed by atoms with E-state index in [1.165, 1.54) is 24.3 Å². The van der Waals surface area contributed by atoms with Crippen molar-refractivity contribution >= 4 is 10.0 Å². The van der Waals surface area contributed by atoms with E-state index in [1.54, 1.807) is 0 Å². The van der Waals surface area contributed by atoms with Crippen molar-refractivity contribution in [2.24, 2.45) is 0 Å². The van der Waals surface area contributed by atoms with Crippen LogP contribution in [0.2, 0.25) is 0 Å². The Bertz CT molecular complexity index is 647. The van der Waals surface area contributed by atoms with Crippen molar-refractivity contribution in [3.8, 4) is 5.75 Å². The van der Waals surface area contributed by atoms with E-state index in [0.29, 0.717) is 0 Å². The number of phenolic OH excluding ortho intramolecular Hbond substituents is 1. The first kappa shape index (κ1) is 17.0. The quantitative estimate of drug-likeness (QED) is 0.862. The smallest absolute Gasteiger partial charge is 0.417 e. The number of para-hydroxylation sites is 1. The second kappa shape index (κ2) is 5.71. The van der Waals surface area contributed by atoms with Gasteiger partial charge < -0.3 is 10.2 Å². The molecule has 2 rings (SSSR count). The van der Waals surface area contributed by atoms with Crippen LogP contribution in [0, 0.1) is 0 Å². The summed E-state index contributed by atoms with van der Waals surface area (Å²) in [7, 11) is -4.11. The number of hydrogen-bond acceptors (Lipinski definition) is 4. The first-order valence-electron chi connectivity index (χ1n) is 6.65. The van der Waals surface area contributed by atoms with Crippen molar-refractivity contribution in [3.63, 3.8) is 0 Å². The third-order valence-electron chi connectivity index (χ3n) is 3.78. The highest BCUT2D eigenvalue weighted by atomic mass is 32.2. The number of aliphatic hydroxyl groups is 1. The minimum atomic E-state index is -4.80. The maximum absolute atomic E-state index is 12.9. The third-order valence-corrected chi connectivity index (χ3v) is 5.73. The molecule has 1 unspecified atom stereocenters. The van der Waals surface area contributed by atoms with Crippen LogP contribution in [0.4, 0.5) is 13.2 Å². The van der Waals surface area contributed by atoms with Crippen molar-refractivity contribution < 1.29 is 31.8 Å². The molecule has 1 atom stereocenters. The van der Waals surface area contributed by atoms with Gasteiger partial charge in [0.15, 0.2) is 5.60 Å². The van der Waals surface area contributed by atoms with Gasteiger partial charge >= 0.3 is 6.18 Å². The average Bonchev–Trinajstić information content (AvgIpc) is 2.62. The van der Waals surface area contributed by atoms with Crippen molar-refractivity contribution in [2.45, 2.75) is 35.9 Å². The van der Waals surface area contributed by atoms with Gasteiger partial charge in [0.2, 0.25) is 10.0 Å². The van der Waals surface area contributed by atoms with Crippen molar-refractivity contribution in [1.29, 1.82) is 0 Å². The molecule has 0 amide bonds. The summed E-state index contributed by atoms with van der Waals surface area (Å²) < 4.78 is 64.3. The van der Waals surface area contributed by atoms with Crippen LogP contribution >= 0.6 is 0 Å². The zero-order valence-electron chi connectivity index (χ0n) is 11.5. The van der Waals surface area contributed by atoms with Crippen LogP contribution in [0.25, 0.3) is 0 Å². The monoisotopic (exact) mass is 339 g/mol. The standard InChI is InChI=1S/C13H16F3NO4S/c14-13(15,16)12(19)6-3-8-17(9-7-12)22(20,21)11-5-2-1-4-10(11)18/h1-2,4-5,18-19H,3,6-9H2. The summed E-state index contributed by atoms with van der Waals surface area (Å²) in [5, 5.41) is 19.3. The maximum atomic E-state index is 12.9. The van der Waals surface area contributed by atoms with Crippen molar-refractivity contribution in [2.75, 3.05) is 13.1 Å². The van der Waals surface area contributed by atoms with E-state index in [-0.39, 0.29) is 17.9 Å². The van der Waals surface area contributed by atoms with E-state index in [0.717, 1.165) is 4.31 Å². The molecule has 1 aromatic carbocycles. The first-order chi connectivity index (χ1) is 10.1. The summed E-state index contributed by atoms with van der Waals surface area (Å²) in [5.41, 5.74) is -2.88. The van der Waals surface area contributed by atoms with Crippen LogP contribution in [0.5, 0.6) is 5.75 Å². The predicted octanol–water partition coefficient (Wildman–Crippen LogP) is 1.86. The normalized spacial score (nSPS) is 24.9. The average molecular weight is 339 g/mol. The Balaban J connectivity index is 2.27. The highest BCUT2D eigenvalue weighted by molar-refractivity contribution is 7.89. The number of benzene rings is 1. The van der Waals surface area contributed by atoms with E-state index in [4.69, 9.17) is 0 Å². The summed E-state index contributed by atoms with van der Waals surface area (Å²) in [4.78, 5) is -0.354.